The zero-order valence-electron chi connectivity index (χ0n) is 13.4. The van der Waals surface area contributed by atoms with Crippen LogP contribution in [-0.2, 0) is 4.79 Å². The quantitative estimate of drug-likeness (QED) is 0.790. The number of ether oxygens (including phenoxy) is 1. The largest absolute Gasteiger partial charge is 0.496 e. The minimum absolute atomic E-state index is 0.104. The monoisotopic (exact) mass is 306 g/mol. The molecule has 0 fully saturated rings. The lowest BCUT2D eigenvalue weighted by Crippen LogP contribution is -2.05. The smallest absolute Gasteiger partial charge is 0.221 e. The number of rotatable bonds is 3. The van der Waals surface area contributed by atoms with Crippen LogP contribution in [0.15, 0.2) is 48.5 Å². The predicted molar refractivity (Wildman–Crippen MR) is 92.8 cm³/mol. The van der Waals surface area contributed by atoms with Gasteiger partial charge in [-0.3, -0.25) is 4.79 Å². The molecule has 0 saturated heterocycles. The van der Waals surface area contributed by atoms with Crippen molar-refractivity contribution in [1.82, 2.24) is 4.98 Å². The Morgan fingerprint density at radius 2 is 1.83 bits per heavy atom. The van der Waals surface area contributed by atoms with Gasteiger partial charge < -0.3 is 10.1 Å². The highest BCUT2D eigenvalue weighted by Gasteiger charge is 2.09. The number of aromatic nitrogens is 1. The van der Waals surface area contributed by atoms with Gasteiger partial charge in [0, 0.05) is 29.6 Å². The molecule has 0 radical (unpaired) electrons. The molecule has 1 amide bonds. The highest BCUT2D eigenvalue weighted by atomic mass is 16.5. The molecule has 0 saturated carbocycles. The number of pyridine rings is 1. The number of anilines is 1. The molecule has 23 heavy (non-hydrogen) atoms. The van der Waals surface area contributed by atoms with E-state index in [4.69, 9.17) is 9.72 Å². The number of nitrogens with one attached hydrogen (secondary N) is 1. The van der Waals surface area contributed by atoms with E-state index in [-0.39, 0.29) is 5.91 Å². The molecule has 0 unspecified atom stereocenters. The van der Waals surface area contributed by atoms with Gasteiger partial charge in [0.15, 0.2) is 0 Å². The van der Waals surface area contributed by atoms with Crippen LogP contribution < -0.4 is 10.1 Å². The molecule has 1 N–H and O–H groups in total. The molecule has 0 spiro atoms. The third-order valence-corrected chi connectivity index (χ3v) is 3.66. The zero-order valence-corrected chi connectivity index (χ0v) is 13.4. The Balaban J connectivity index is 2.13. The number of aryl methyl sites for hydroxylation is 1. The fraction of sp³-hybridized carbons (Fsp3) is 0.158. The van der Waals surface area contributed by atoms with E-state index in [1.54, 1.807) is 7.11 Å². The van der Waals surface area contributed by atoms with E-state index in [2.05, 4.69) is 36.5 Å². The summed E-state index contributed by atoms with van der Waals surface area (Å²) in [7, 11) is 1.64. The fourth-order valence-corrected chi connectivity index (χ4v) is 2.52. The lowest BCUT2D eigenvalue weighted by atomic mass is 10.1. The van der Waals surface area contributed by atoms with Crippen LogP contribution in [-0.4, -0.2) is 18.0 Å². The van der Waals surface area contributed by atoms with Crippen molar-refractivity contribution >= 4 is 22.5 Å². The van der Waals surface area contributed by atoms with Crippen molar-refractivity contribution in [2.75, 3.05) is 12.4 Å². The molecule has 0 aliphatic heterocycles. The number of nitrogens with zero attached hydrogens (tertiary/aromatic N) is 1. The van der Waals surface area contributed by atoms with Crippen molar-refractivity contribution in [3.63, 3.8) is 0 Å². The molecule has 116 valence electrons. The average Bonchev–Trinajstić information content (AvgIpc) is 2.54. The summed E-state index contributed by atoms with van der Waals surface area (Å²) in [5.74, 6) is 0.630. The Hall–Kier alpha value is -2.88. The summed E-state index contributed by atoms with van der Waals surface area (Å²) in [6, 6.07) is 15.8. The SMILES string of the molecule is COc1cc(-c2ccc(C)cc2)nc2ccc(NC(C)=O)cc12. The van der Waals surface area contributed by atoms with Gasteiger partial charge >= 0.3 is 0 Å². The molecule has 4 heteroatoms. The second-order valence-corrected chi connectivity index (χ2v) is 5.49. The predicted octanol–water partition coefficient (Wildman–Crippen LogP) is 4.18. The van der Waals surface area contributed by atoms with Gasteiger partial charge in [-0.05, 0) is 25.1 Å². The molecule has 4 nitrogen and oxygen atoms in total. The van der Waals surface area contributed by atoms with E-state index >= 15 is 0 Å². The summed E-state index contributed by atoms with van der Waals surface area (Å²) in [5.41, 5.74) is 4.67. The second-order valence-electron chi connectivity index (χ2n) is 5.49. The highest BCUT2D eigenvalue weighted by molar-refractivity contribution is 5.95. The van der Waals surface area contributed by atoms with E-state index in [1.807, 2.05) is 24.3 Å². The summed E-state index contributed by atoms with van der Waals surface area (Å²) < 4.78 is 5.52. The standard InChI is InChI=1S/C19H18N2O2/c1-12-4-6-14(7-5-12)18-11-19(23-3)16-10-15(20-13(2)22)8-9-17(16)21-18/h4-11H,1-3H3,(H,20,22). The number of hydrogen-bond acceptors (Lipinski definition) is 3. The maximum Gasteiger partial charge on any atom is 0.221 e. The molecule has 2 aromatic carbocycles. The van der Waals surface area contributed by atoms with Crippen LogP contribution >= 0.6 is 0 Å². The van der Waals surface area contributed by atoms with Gasteiger partial charge in [-0.1, -0.05) is 29.8 Å². The minimum atomic E-state index is -0.104. The molecule has 3 rings (SSSR count). The first-order valence-corrected chi connectivity index (χ1v) is 7.40. The molecule has 0 bridgehead atoms. The first kappa shape index (κ1) is 15.0. The first-order valence-electron chi connectivity index (χ1n) is 7.40. The number of fused-ring (bicyclic) bond motifs is 1. The number of benzene rings is 2. The van der Waals surface area contributed by atoms with Gasteiger partial charge in [0.25, 0.3) is 0 Å². The Kier molecular flexibility index (Phi) is 3.98. The zero-order chi connectivity index (χ0) is 16.4. The number of carbonyl (C=O) groups excluding carboxylic acids is 1. The number of amides is 1. The first-order chi connectivity index (χ1) is 11.1. The van der Waals surface area contributed by atoms with Gasteiger partial charge in [-0.15, -0.1) is 0 Å². The second kappa shape index (κ2) is 6.08. The van der Waals surface area contributed by atoms with Gasteiger partial charge in [0.05, 0.1) is 18.3 Å². The fourth-order valence-electron chi connectivity index (χ4n) is 2.52. The normalized spacial score (nSPS) is 10.6. The van der Waals surface area contributed by atoms with Crippen molar-refractivity contribution in [2.24, 2.45) is 0 Å². The van der Waals surface area contributed by atoms with Crippen molar-refractivity contribution in [3.05, 3.63) is 54.1 Å². The molecule has 1 aromatic heterocycles. The topological polar surface area (TPSA) is 51.2 Å². The van der Waals surface area contributed by atoms with E-state index in [0.717, 1.165) is 33.6 Å². The highest BCUT2D eigenvalue weighted by Crippen LogP contribution is 2.31. The van der Waals surface area contributed by atoms with Gasteiger partial charge in [-0.2, -0.15) is 0 Å². The van der Waals surface area contributed by atoms with E-state index in [9.17, 15) is 4.79 Å². The molecular weight excluding hydrogens is 288 g/mol. The van der Waals surface area contributed by atoms with Gasteiger partial charge in [0.2, 0.25) is 5.91 Å². The summed E-state index contributed by atoms with van der Waals surface area (Å²) in [4.78, 5) is 15.9. The Labute approximate surface area is 135 Å². The van der Waals surface area contributed by atoms with E-state index in [0.29, 0.717) is 0 Å². The van der Waals surface area contributed by atoms with Crippen molar-refractivity contribution in [2.45, 2.75) is 13.8 Å². The van der Waals surface area contributed by atoms with Crippen LogP contribution in [0.2, 0.25) is 0 Å². The molecule has 3 aromatic rings. The maximum atomic E-state index is 11.2. The third kappa shape index (κ3) is 3.16. The summed E-state index contributed by atoms with van der Waals surface area (Å²) in [5, 5.41) is 3.65. The third-order valence-electron chi connectivity index (χ3n) is 3.66. The number of hydrogen-bond donors (Lipinski definition) is 1. The van der Waals surface area contributed by atoms with Crippen LogP contribution in [0, 0.1) is 6.92 Å². The van der Waals surface area contributed by atoms with Crippen molar-refractivity contribution in [1.29, 1.82) is 0 Å². The van der Waals surface area contributed by atoms with Crippen LogP contribution in [0.25, 0.3) is 22.2 Å². The van der Waals surface area contributed by atoms with Crippen molar-refractivity contribution in [3.8, 4) is 17.0 Å². The summed E-state index contributed by atoms with van der Waals surface area (Å²) in [6.07, 6.45) is 0. The van der Waals surface area contributed by atoms with Crippen LogP contribution in [0.1, 0.15) is 12.5 Å². The van der Waals surface area contributed by atoms with Crippen LogP contribution in [0.4, 0.5) is 5.69 Å². The number of carbonyl (C=O) groups is 1. The Morgan fingerprint density at radius 1 is 1.09 bits per heavy atom. The molecule has 0 atom stereocenters. The number of methoxy groups -OCH3 is 1. The maximum absolute atomic E-state index is 11.2. The lowest BCUT2D eigenvalue weighted by Gasteiger charge is -2.11. The molecule has 0 aliphatic rings. The summed E-state index contributed by atoms with van der Waals surface area (Å²) >= 11 is 0. The van der Waals surface area contributed by atoms with Crippen LogP contribution in [0.3, 0.4) is 0 Å². The van der Waals surface area contributed by atoms with Gasteiger partial charge in [-0.25, -0.2) is 4.98 Å². The average molecular weight is 306 g/mol. The Bertz CT molecular complexity index is 870. The lowest BCUT2D eigenvalue weighted by molar-refractivity contribution is -0.114. The van der Waals surface area contributed by atoms with Crippen molar-refractivity contribution < 1.29 is 9.53 Å². The summed E-state index contributed by atoms with van der Waals surface area (Å²) in [6.45, 7) is 3.54. The minimum Gasteiger partial charge on any atom is -0.496 e. The molecular formula is C19H18N2O2. The molecule has 1 heterocycles. The Morgan fingerprint density at radius 3 is 2.48 bits per heavy atom. The van der Waals surface area contributed by atoms with E-state index < -0.39 is 0 Å². The molecule has 0 aliphatic carbocycles. The van der Waals surface area contributed by atoms with Crippen LogP contribution in [0.5, 0.6) is 5.75 Å². The van der Waals surface area contributed by atoms with Gasteiger partial charge in [0.1, 0.15) is 5.75 Å². The van der Waals surface area contributed by atoms with E-state index in [1.165, 1.54) is 12.5 Å².